The maximum atomic E-state index is 11.6. The van der Waals surface area contributed by atoms with Crippen LogP contribution in [0.3, 0.4) is 0 Å². The molecule has 122 valence electrons. The van der Waals surface area contributed by atoms with Crippen LogP contribution in [0.4, 0.5) is 10.5 Å². The number of hydrogen-bond donors (Lipinski definition) is 2. The summed E-state index contributed by atoms with van der Waals surface area (Å²) in [6.45, 7) is 6.62. The molecule has 2 amide bonds. The van der Waals surface area contributed by atoms with Gasteiger partial charge in [-0.2, -0.15) is 0 Å². The van der Waals surface area contributed by atoms with Gasteiger partial charge in [-0.25, -0.2) is 4.79 Å². The third-order valence-electron chi connectivity index (χ3n) is 3.77. The molecule has 0 aliphatic heterocycles. The Labute approximate surface area is 137 Å². The summed E-state index contributed by atoms with van der Waals surface area (Å²) in [4.78, 5) is 11.6. The van der Waals surface area contributed by atoms with Crippen LogP contribution in [0, 0.1) is 13.8 Å². The Balaban J connectivity index is 2.16. The van der Waals surface area contributed by atoms with E-state index in [4.69, 9.17) is 4.74 Å². The van der Waals surface area contributed by atoms with E-state index in [9.17, 15) is 4.79 Å². The molecule has 0 aliphatic rings. The van der Waals surface area contributed by atoms with Gasteiger partial charge in [-0.15, -0.1) is 0 Å². The molecule has 0 radical (unpaired) electrons. The van der Waals surface area contributed by atoms with E-state index >= 15 is 0 Å². The molecule has 0 heterocycles. The zero-order valence-electron chi connectivity index (χ0n) is 14.2. The highest BCUT2D eigenvalue weighted by molar-refractivity contribution is 5.89. The highest BCUT2D eigenvalue weighted by Gasteiger charge is 2.08. The van der Waals surface area contributed by atoms with Gasteiger partial charge in [-0.1, -0.05) is 36.8 Å². The number of urea groups is 1. The van der Waals surface area contributed by atoms with Gasteiger partial charge in [0.05, 0.1) is 0 Å². The highest BCUT2D eigenvalue weighted by atomic mass is 16.5. The number of hydrogen-bond acceptors (Lipinski definition) is 2. The fourth-order valence-electron chi connectivity index (χ4n) is 2.40. The van der Waals surface area contributed by atoms with Crippen molar-refractivity contribution in [2.24, 2.45) is 0 Å². The van der Waals surface area contributed by atoms with Crippen molar-refractivity contribution < 1.29 is 9.53 Å². The number of ether oxygens (including phenoxy) is 1. The molecule has 0 aliphatic carbocycles. The quantitative estimate of drug-likeness (QED) is 0.869. The Morgan fingerprint density at radius 3 is 2.57 bits per heavy atom. The Bertz CT molecular complexity index is 696. The molecule has 0 saturated heterocycles. The van der Waals surface area contributed by atoms with Gasteiger partial charge >= 0.3 is 6.03 Å². The number of rotatable bonds is 5. The average Bonchev–Trinajstić information content (AvgIpc) is 2.55. The molecule has 0 saturated carbocycles. The number of aryl methyl sites for hydroxylation is 3. The summed E-state index contributed by atoms with van der Waals surface area (Å²) in [7, 11) is 1.60. The first kappa shape index (κ1) is 16.9. The lowest BCUT2D eigenvalue weighted by molar-refractivity contribution is 0.254. The molecule has 0 atom stereocenters. The summed E-state index contributed by atoms with van der Waals surface area (Å²) in [6.07, 6.45) is 1.01. The number of carbonyl (C=O) groups is 1. The molecule has 0 spiro atoms. The molecule has 4 nitrogen and oxygen atoms in total. The maximum Gasteiger partial charge on any atom is 0.318 e. The lowest BCUT2D eigenvalue weighted by Gasteiger charge is -2.14. The van der Waals surface area contributed by atoms with Crippen molar-refractivity contribution in [3.05, 3.63) is 58.7 Å². The second-order valence-corrected chi connectivity index (χ2v) is 5.61. The van der Waals surface area contributed by atoms with Gasteiger partial charge in [0.15, 0.2) is 0 Å². The molecule has 4 heteroatoms. The monoisotopic (exact) mass is 312 g/mol. The van der Waals surface area contributed by atoms with Crippen LogP contribution >= 0.6 is 0 Å². The molecule has 2 aromatic rings. The van der Waals surface area contributed by atoms with Gasteiger partial charge < -0.3 is 15.4 Å². The molecule has 2 aromatic carbocycles. The zero-order chi connectivity index (χ0) is 16.8. The van der Waals surface area contributed by atoms with E-state index in [1.807, 2.05) is 31.2 Å². The first-order chi connectivity index (χ1) is 11.0. The standard InChI is InChI=1S/C19H24N2O2/c1-5-15-7-9-18(14(3)11-15)23-12-16-10-13(2)6-8-17(16)21-19(22)20-4/h6-11H,5,12H2,1-4H3,(H2,20,21,22). The zero-order valence-corrected chi connectivity index (χ0v) is 14.2. The molecular weight excluding hydrogens is 288 g/mol. The maximum absolute atomic E-state index is 11.6. The van der Waals surface area contributed by atoms with Crippen LogP contribution in [0.25, 0.3) is 0 Å². The molecule has 0 unspecified atom stereocenters. The Hall–Kier alpha value is -2.49. The van der Waals surface area contributed by atoms with E-state index < -0.39 is 0 Å². The van der Waals surface area contributed by atoms with Crippen LogP contribution in [-0.4, -0.2) is 13.1 Å². The number of anilines is 1. The van der Waals surface area contributed by atoms with E-state index in [-0.39, 0.29) is 6.03 Å². The number of amides is 2. The lowest BCUT2D eigenvalue weighted by atomic mass is 10.1. The van der Waals surface area contributed by atoms with E-state index in [1.54, 1.807) is 7.05 Å². The minimum absolute atomic E-state index is 0.237. The van der Waals surface area contributed by atoms with Gasteiger partial charge in [-0.05, 0) is 43.5 Å². The minimum Gasteiger partial charge on any atom is -0.489 e. The Morgan fingerprint density at radius 1 is 1.13 bits per heavy atom. The summed E-state index contributed by atoms with van der Waals surface area (Å²) in [5, 5.41) is 5.39. The smallest absolute Gasteiger partial charge is 0.318 e. The Kier molecular flexibility index (Phi) is 5.63. The highest BCUT2D eigenvalue weighted by Crippen LogP contribution is 2.23. The average molecular weight is 312 g/mol. The summed E-state index contributed by atoms with van der Waals surface area (Å²) < 4.78 is 5.96. The van der Waals surface area contributed by atoms with Gasteiger partial charge in [-0.3, -0.25) is 0 Å². The fraction of sp³-hybridized carbons (Fsp3) is 0.316. The van der Waals surface area contributed by atoms with E-state index in [1.165, 1.54) is 5.56 Å². The van der Waals surface area contributed by atoms with E-state index in [0.29, 0.717) is 6.61 Å². The van der Waals surface area contributed by atoms with Crippen molar-refractivity contribution in [3.63, 3.8) is 0 Å². The Morgan fingerprint density at radius 2 is 1.91 bits per heavy atom. The van der Waals surface area contributed by atoms with Gasteiger partial charge in [0.2, 0.25) is 0 Å². The molecule has 0 fully saturated rings. The first-order valence-corrected chi connectivity index (χ1v) is 7.84. The molecular formula is C19H24N2O2. The minimum atomic E-state index is -0.237. The number of nitrogens with one attached hydrogen (secondary N) is 2. The lowest BCUT2D eigenvalue weighted by Crippen LogP contribution is -2.25. The van der Waals surface area contributed by atoms with Crippen LogP contribution in [0.5, 0.6) is 5.75 Å². The third kappa shape index (κ3) is 4.49. The van der Waals surface area contributed by atoms with Crippen LogP contribution in [-0.2, 0) is 13.0 Å². The predicted molar refractivity (Wildman–Crippen MR) is 94.1 cm³/mol. The van der Waals surface area contributed by atoms with Crippen molar-refractivity contribution in [1.82, 2.24) is 5.32 Å². The van der Waals surface area contributed by atoms with Crippen LogP contribution in [0.2, 0.25) is 0 Å². The summed E-state index contributed by atoms with van der Waals surface area (Å²) in [5.41, 5.74) is 5.26. The van der Waals surface area contributed by atoms with Gasteiger partial charge in [0, 0.05) is 18.3 Å². The first-order valence-electron chi connectivity index (χ1n) is 7.84. The van der Waals surface area contributed by atoms with Crippen molar-refractivity contribution in [2.75, 3.05) is 12.4 Å². The number of carbonyl (C=O) groups excluding carboxylic acids is 1. The molecule has 0 bridgehead atoms. The van der Waals surface area contributed by atoms with Crippen LogP contribution in [0.15, 0.2) is 36.4 Å². The summed E-state index contributed by atoms with van der Waals surface area (Å²) in [6, 6.07) is 11.9. The normalized spacial score (nSPS) is 10.3. The van der Waals surface area contributed by atoms with Crippen molar-refractivity contribution in [3.8, 4) is 5.75 Å². The van der Waals surface area contributed by atoms with E-state index in [2.05, 4.69) is 36.6 Å². The topological polar surface area (TPSA) is 50.4 Å². The van der Waals surface area contributed by atoms with Gasteiger partial charge in [0.1, 0.15) is 12.4 Å². The number of benzene rings is 2. The molecule has 2 rings (SSSR count). The second-order valence-electron chi connectivity index (χ2n) is 5.61. The SMILES string of the molecule is CCc1ccc(OCc2cc(C)ccc2NC(=O)NC)c(C)c1. The molecule has 2 N–H and O–H groups in total. The van der Waals surface area contributed by atoms with E-state index in [0.717, 1.165) is 34.5 Å². The van der Waals surface area contributed by atoms with Gasteiger partial charge in [0.25, 0.3) is 0 Å². The van der Waals surface area contributed by atoms with Crippen molar-refractivity contribution in [1.29, 1.82) is 0 Å². The summed E-state index contributed by atoms with van der Waals surface area (Å²) in [5.74, 6) is 0.870. The largest absolute Gasteiger partial charge is 0.489 e. The molecule has 0 aromatic heterocycles. The van der Waals surface area contributed by atoms with Crippen molar-refractivity contribution in [2.45, 2.75) is 33.8 Å². The molecule has 23 heavy (non-hydrogen) atoms. The predicted octanol–water partition coefficient (Wildman–Crippen LogP) is 4.20. The third-order valence-corrected chi connectivity index (χ3v) is 3.77. The van der Waals surface area contributed by atoms with Crippen LogP contribution in [0.1, 0.15) is 29.2 Å². The van der Waals surface area contributed by atoms with Crippen molar-refractivity contribution >= 4 is 11.7 Å². The fourth-order valence-corrected chi connectivity index (χ4v) is 2.40. The second kappa shape index (κ2) is 7.68. The summed E-state index contributed by atoms with van der Waals surface area (Å²) >= 11 is 0. The van der Waals surface area contributed by atoms with Crippen LogP contribution < -0.4 is 15.4 Å².